The monoisotopic (exact) mass is 613 g/mol. The maximum Gasteiger partial charge on any atom is 0.233 e. The van der Waals surface area contributed by atoms with E-state index < -0.39 is 0 Å². The van der Waals surface area contributed by atoms with E-state index in [2.05, 4.69) is 138 Å². The van der Waals surface area contributed by atoms with Gasteiger partial charge in [0.05, 0.1) is 16.4 Å². The molecular weight excluding hydrogens is 587 g/mol. The van der Waals surface area contributed by atoms with Crippen molar-refractivity contribution < 1.29 is 4.42 Å². The van der Waals surface area contributed by atoms with E-state index in [9.17, 15) is 0 Å². The molecule has 0 radical (unpaired) electrons. The number of hydrogen-bond acceptors (Lipinski definition) is 3. The van der Waals surface area contributed by atoms with E-state index in [0.29, 0.717) is 11.5 Å². The maximum atomic E-state index is 6.51. The summed E-state index contributed by atoms with van der Waals surface area (Å²) in [7, 11) is 0. The second kappa shape index (κ2) is 10.5. The molecule has 224 valence electrons. The smallest absolute Gasteiger partial charge is 0.233 e. The maximum absolute atomic E-state index is 6.51. The summed E-state index contributed by atoms with van der Waals surface area (Å²) < 4.78 is 8.81. The molecule has 0 bridgehead atoms. The second-order valence-corrected chi connectivity index (χ2v) is 12.2. The quantitative estimate of drug-likeness (QED) is 0.198. The standard InChI is InChI=1S/C44H27N3O/c1-3-13-28(14-4-1)32-23-33(29-15-5-2-6-16-29)25-34(24-32)42-45-43(41-36-20-10-12-22-40(36)48-44(41)46-42)47-38-21-11-9-19-35(38)37-26-30-17-7-8-18-31(30)27-39(37)47/h1-27H. The molecule has 10 aromatic rings. The summed E-state index contributed by atoms with van der Waals surface area (Å²) in [5.74, 6) is 1.41. The molecule has 0 atom stereocenters. The largest absolute Gasteiger partial charge is 0.437 e. The molecule has 3 heterocycles. The predicted molar refractivity (Wildman–Crippen MR) is 197 cm³/mol. The number of para-hydroxylation sites is 2. The number of benzene rings is 7. The minimum Gasteiger partial charge on any atom is -0.437 e. The summed E-state index contributed by atoms with van der Waals surface area (Å²) in [6.07, 6.45) is 0. The Hall–Kier alpha value is -6.52. The lowest BCUT2D eigenvalue weighted by molar-refractivity contribution is 0.653. The van der Waals surface area contributed by atoms with E-state index in [4.69, 9.17) is 14.4 Å². The molecule has 0 saturated carbocycles. The van der Waals surface area contributed by atoms with Crippen molar-refractivity contribution in [3.05, 3.63) is 164 Å². The average Bonchev–Trinajstić information content (AvgIpc) is 3.69. The molecule has 0 aliphatic carbocycles. The van der Waals surface area contributed by atoms with E-state index in [1.165, 1.54) is 21.5 Å². The molecule has 0 unspecified atom stereocenters. The van der Waals surface area contributed by atoms with Crippen LogP contribution in [0.4, 0.5) is 0 Å². The van der Waals surface area contributed by atoms with E-state index in [1.807, 2.05) is 30.3 Å². The fourth-order valence-corrected chi connectivity index (χ4v) is 7.13. The third-order valence-corrected chi connectivity index (χ3v) is 9.38. The molecule has 0 amide bonds. The number of hydrogen-bond donors (Lipinski definition) is 0. The van der Waals surface area contributed by atoms with Gasteiger partial charge in [-0.2, -0.15) is 4.98 Å². The average molecular weight is 614 g/mol. The number of aromatic nitrogens is 3. The third-order valence-electron chi connectivity index (χ3n) is 9.38. The minimum atomic E-state index is 0.564. The topological polar surface area (TPSA) is 43.9 Å². The van der Waals surface area contributed by atoms with E-state index in [-0.39, 0.29) is 0 Å². The van der Waals surface area contributed by atoms with Crippen LogP contribution in [-0.2, 0) is 0 Å². The Labute approximate surface area is 276 Å². The van der Waals surface area contributed by atoms with E-state index >= 15 is 0 Å². The molecule has 0 fully saturated rings. The minimum absolute atomic E-state index is 0.564. The Morgan fingerprint density at radius 3 is 1.73 bits per heavy atom. The van der Waals surface area contributed by atoms with Crippen molar-refractivity contribution >= 4 is 54.6 Å². The normalized spacial score (nSPS) is 11.8. The van der Waals surface area contributed by atoms with Gasteiger partial charge in [0.2, 0.25) is 5.71 Å². The van der Waals surface area contributed by atoms with Gasteiger partial charge < -0.3 is 4.42 Å². The summed E-state index contributed by atoms with van der Waals surface area (Å²) in [6.45, 7) is 0. The van der Waals surface area contributed by atoms with Crippen molar-refractivity contribution in [2.75, 3.05) is 0 Å². The molecular formula is C44H27N3O. The Bertz CT molecular complexity index is 2770. The molecule has 0 spiro atoms. The second-order valence-electron chi connectivity index (χ2n) is 12.2. The number of furan rings is 1. The number of fused-ring (bicyclic) bond motifs is 7. The van der Waals surface area contributed by atoms with Crippen molar-refractivity contribution in [1.82, 2.24) is 14.5 Å². The molecule has 0 aliphatic rings. The number of rotatable bonds is 4. The fraction of sp³-hybridized carbons (Fsp3) is 0. The van der Waals surface area contributed by atoms with Crippen LogP contribution in [-0.4, -0.2) is 14.5 Å². The highest BCUT2D eigenvalue weighted by Crippen LogP contribution is 2.40. The van der Waals surface area contributed by atoms with Gasteiger partial charge in [-0.3, -0.25) is 4.57 Å². The van der Waals surface area contributed by atoms with Gasteiger partial charge in [0.25, 0.3) is 0 Å². The van der Waals surface area contributed by atoms with Crippen LogP contribution in [0.15, 0.2) is 168 Å². The van der Waals surface area contributed by atoms with Crippen LogP contribution < -0.4 is 0 Å². The molecule has 0 aliphatic heterocycles. The predicted octanol–water partition coefficient (Wildman–Crippen LogP) is 11.6. The first kappa shape index (κ1) is 26.7. The summed E-state index contributed by atoms with van der Waals surface area (Å²) in [6, 6.07) is 57.4. The van der Waals surface area contributed by atoms with Crippen LogP contribution in [0.25, 0.3) is 94.1 Å². The molecule has 7 aromatic carbocycles. The van der Waals surface area contributed by atoms with Gasteiger partial charge in [0, 0.05) is 21.7 Å². The molecule has 4 nitrogen and oxygen atoms in total. The molecule has 10 rings (SSSR count). The highest BCUT2D eigenvalue weighted by molar-refractivity contribution is 6.16. The fourth-order valence-electron chi connectivity index (χ4n) is 7.13. The third kappa shape index (κ3) is 4.16. The van der Waals surface area contributed by atoms with Crippen LogP contribution >= 0.6 is 0 Å². The summed E-state index contributed by atoms with van der Waals surface area (Å²) >= 11 is 0. The lowest BCUT2D eigenvalue weighted by Gasteiger charge is -2.13. The van der Waals surface area contributed by atoms with Crippen molar-refractivity contribution in [2.45, 2.75) is 0 Å². The first-order valence-corrected chi connectivity index (χ1v) is 16.2. The Morgan fingerprint density at radius 2 is 1.00 bits per heavy atom. The zero-order valence-corrected chi connectivity index (χ0v) is 25.8. The summed E-state index contributed by atoms with van der Waals surface area (Å²) in [4.78, 5) is 10.6. The van der Waals surface area contributed by atoms with Crippen LogP contribution in [0.5, 0.6) is 0 Å². The SMILES string of the molecule is c1ccc(-c2cc(-c3ccccc3)cc(-c3nc(-n4c5ccccc5c5cc6ccccc6cc54)c4c(n3)oc3ccccc34)c2)cc1. The van der Waals surface area contributed by atoms with Gasteiger partial charge in [-0.25, -0.2) is 4.98 Å². The van der Waals surface area contributed by atoms with E-state index in [0.717, 1.165) is 61.0 Å². The highest BCUT2D eigenvalue weighted by Gasteiger charge is 2.22. The van der Waals surface area contributed by atoms with Crippen LogP contribution in [0, 0.1) is 0 Å². The van der Waals surface area contributed by atoms with Crippen molar-refractivity contribution in [3.8, 4) is 39.5 Å². The lowest BCUT2D eigenvalue weighted by atomic mass is 9.96. The number of nitrogens with zero attached hydrogens (tertiary/aromatic N) is 3. The lowest BCUT2D eigenvalue weighted by Crippen LogP contribution is -2.02. The van der Waals surface area contributed by atoms with Crippen LogP contribution in [0.3, 0.4) is 0 Å². The Morgan fingerprint density at radius 1 is 0.417 bits per heavy atom. The zero-order valence-electron chi connectivity index (χ0n) is 25.8. The molecule has 3 aromatic heterocycles. The van der Waals surface area contributed by atoms with E-state index in [1.54, 1.807) is 0 Å². The highest BCUT2D eigenvalue weighted by atomic mass is 16.3. The van der Waals surface area contributed by atoms with Gasteiger partial charge in [-0.1, -0.05) is 121 Å². The van der Waals surface area contributed by atoms with Crippen molar-refractivity contribution in [2.24, 2.45) is 0 Å². The van der Waals surface area contributed by atoms with Gasteiger partial charge in [0.15, 0.2) is 11.6 Å². The summed E-state index contributed by atoms with van der Waals surface area (Å²) in [5.41, 5.74) is 8.92. The molecule has 0 saturated heterocycles. The van der Waals surface area contributed by atoms with Crippen molar-refractivity contribution in [3.63, 3.8) is 0 Å². The van der Waals surface area contributed by atoms with Gasteiger partial charge >= 0.3 is 0 Å². The van der Waals surface area contributed by atoms with Crippen molar-refractivity contribution in [1.29, 1.82) is 0 Å². The summed E-state index contributed by atoms with van der Waals surface area (Å²) in [5, 5.41) is 6.64. The van der Waals surface area contributed by atoms with Gasteiger partial charge in [-0.05, 0) is 75.5 Å². The van der Waals surface area contributed by atoms with Crippen LogP contribution in [0.1, 0.15) is 0 Å². The first-order chi connectivity index (χ1) is 23.8. The van der Waals surface area contributed by atoms with Gasteiger partial charge in [0.1, 0.15) is 5.58 Å². The first-order valence-electron chi connectivity index (χ1n) is 16.2. The van der Waals surface area contributed by atoms with Crippen LogP contribution in [0.2, 0.25) is 0 Å². The molecule has 48 heavy (non-hydrogen) atoms. The van der Waals surface area contributed by atoms with Gasteiger partial charge in [-0.15, -0.1) is 0 Å². The zero-order chi connectivity index (χ0) is 31.6. The Kier molecular flexibility index (Phi) is 5.84. The Balaban J connectivity index is 1.32. The molecule has 0 N–H and O–H groups in total. The molecule has 4 heteroatoms.